The van der Waals surface area contributed by atoms with Crippen molar-refractivity contribution in [3.05, 3.63) is 82.5 Å². The maximum Gasteiger partial charge on any atom is 0.308 e. The van der Waals surface area contributed by atoms with Crippen molar-refractivity contribution in [2.45, 2.75) is 63.8 Å². The number of hydrogen-bond donors (Lipinski definition) is 1. The number of nitrogens with one attached hydrogen (secondary N) is 1. The van der Waals surface area contributed by atoms with Gasteiger partial charge in [0.25, 0.3) is 11.8 Å². The number of carbonyl (C=O) groups is 3. The van der Waals surface area contributed by atoms with Crippen molar-refractivity contribution >= 4 is 56.4 Å². The van der Waals surface area contributed by atoms with E-state index in [0.717, 1.165) is 29.0 Å². The summed E-state index contributed by atoms with van der Waals surface area (Å²) >= 11 is 8.03. The normalized spacial score (nSPS) is 20.0. The molecular formula is C34H36ClFN4O5S. The second-order valence-electron chi connectivity index (χ2n) is 11.7. The number of thiophene rings is 1. The van der Waals surface area contributed by atoms with E-state index in [2.05, 4.69) is 10.3 Å². The first-order valence-corrected chi connectivity index (χ1v) is 16.9. The first kappa shape index (κ1) is 32.3. The van der Waals surface area contributed by atoms with Gasteiger partial charge in [-0.3, -0.25) is 23.9 Å². The number of benzene rings is 2. The van der Waals surface area contributed by atoms with Gasteiger partial charge in [-0.1, -0.05) is 29.8 Å². The summed E-state index contributed by atoms with van der Waals surface area (Å²) in [6.45, 7) is 3.36. The lowest BCUT2D eigenvalue weighted by Crippen LogP contribution is -2.59. The molecule has 2 fully saturated rings. The fourth-order valence-corrected chi connectivity index (χ4v) is 7.68. The molecule has 1 amide bonds. The minimum atomic E-state index is -1.56. The van der Waals surface area contributed by atoms with E-state index in [4.69, 9.17) is 21.1 Å². The number of fused-ring (bicyclic) bond motifs is 1. The molecule has 2 aromatic carbocycles. The van der Waals surface area contributed by atoms with Gasteiger partial charge in [-0.25, -0.2) is 9.37 Å². The van der Waals surface area contributed by atoms with Gasteiger partial charge < -0.3 is 14.8 Å². The largest absolute Gasteiger partial charge is 0.466 e. The van der Waals surface area contributed by atoms with Crippen LogP contribution in [0.3, 0.4) is 0 Å². The molecule has 1 unspecified atom stereocenters. The van der Waals surface area contributed by atoms with E-state index in [1.54, 1.807) is 35.6 Å². The number of nitrogens with zero attached hydrogens (tertiary/aromatic N) is 3. The number of esters is 1. The van der Waals surface area contributed by atoms with Gasteiger partial charge in [0, 0.05) is 47.4 Å². The van der Waals surface area contributed by atoms with Crippen LogP contribution < -0.4 is 5.32 Å². The van der Waals surface area contributed by atoms with Crippen LogP contribution in [-0.4, -0.2) is 57.9 Å². The zero-order valence-corrected chi connectivity index (χ0v) is 27.1. The maximum atomic E-state index is 15.7. The van der Waals surface area contributed by atoms with Crippen LogP contribution >= 0.6 is 22.9 Å². The third-order valence-corrected chi connectivity index (χ3v) is 10.1. The average Bonchev–Trinajstić information content (AvgIpc) is 3.86. The highest BCUT2D eigenvalue weighted by molar-refractivity contribution is 7.17. The molecule has 4 aromatic rings. The summed E-state index contributed by atoms with van der Waals surface area (Å²) in [5, 5.41) is 5.41. The van der Waals surface area contributed by atoms with E-state index in [9.17, 15) is 14.4 Å². The van der Waals surface area contributed by atoms with Gasteiger partial charge in [0.05, 0.1) is 41.2 Å². The molecule has 0 spiro atoms. The molecule has 6 rings (SSSR count). The quantitative estimate of drug-likeness (QED) is 0.176. The van der Waals surface area contributed by atoms with E-state index >= 15 is 4.39 Å². The van der Waals surface area contributed by atoms with Gasteiger partial charge in [-0.15, -0.1) is 11.3 Å². The Morgan fingerprint density at radius 3 is 2.61 bits per heavy atom. The first-order valence-electron chi connectivity index (χ1n) is 15.7. The van der Waals surface area contributed by atoms with Crippen LogP contribution in [0.1, 0.15) is 61.4 Å². The summed E-state index contributed by atoms with van der Waals surface area (Å²) in [6.07, 6.45) is 8.33. The highest BCUT2D eigenvalue weighted by Crippen LogP contribution is 2.38. The van der Waals surface area contributed by atoms with Gasteiger partial charge in [0.2, 0.25) is 5.78 Å². The Hall–Kier alpha value is -3.64. The number of likely N-dealkylation sites (tertiary alicyclic amines) is 1. The van der Waals surface area contributed by atoms with Crippen molar-refractivity contribution in [1.29, 1.82) is 0 Å². The van der Waals surface area contributed by atoms with Crippen molar-refractivity contribution in [2.24, 2.45) is 5.92 Å². The van der Waals surface area contributed by atoms with E-state index in [-0.39, 0.29) is 46.5 Å². The topological polar surface area (TPSA) is 103 Å². The van der Waals surface area contributed by atoms with Crippen molar-refractivity contribution < 1.29 is 28.2 Å². The fraction of sp³-hybridized carbons (Fsp3) is 0.412. The van der Waals surface area contributed by atoms with Gasteiger partial charge in [0.15, 0.2) is 0 Å². The van der Waals surface area contributed by atoms with Crippen LogP contribution in [0.2, 0.25) is 5.02 Å². The third-order valence-electron chi connectivity index (χ3n) is 8.84. The number of hydrogen-bond acceptors (Lipinski definition) is 8. The summed E-state index contributed by atoms with van der Waals surface area (Å²) in [4.78, 5) is 46.2. The molecule has 46 heavy (non-hydrogen) atoms. The zero-order valence-electron chi connectivity index (χ0n) is 25.5. The number of aromatic nitrogens is 2. The number of Topliss-reactive ketones (excluding diaryl/α,β-unsaturated/α-hetero) is 1. The Morgan fingerprint density at radius 2 is 1.89 bits per heavy atom. The fourth-order valence-electron chi connectivity index (χ4n) is 6.50. The van der Waals surface area contributed by atoms with Crippen LogP contribution in [-0.2, 0) is 31.3 Å². The average molecular weight is 667 g/mol. The molecule has 2 aliphatic rings. The SMILES string of the molecule is CCOC(=O)[C@H]1CC[C@H](OC(C(=O)Cc2cc(Cl)c(NC(=O)c3csc4ccccc34)cc2F)(N2CCCC2)n2ccnc2)CC1. The molecular weight excluding hydrogens is 631 g/mol. The highest BCUT2D eigenvalue weighted by Gasteiger charge is 2.50. The second-order valence-corrected chi connectivity index (χ2v) is 13.1. The summed E-state index contributed by atoms with van der Waals surface area (Å²) < 4.78 is 30.3. The van der Waals surface area contributed by atoms with Crippen LogP contribution in [0.25, 0.3) is 10.1 Å². The van der Waals surface area contributed by atoms with Crippen molar-refractivity contribution in [3.8, 4) is 0 Å². The Morgan fingerprint density at radius 1 is 1.13 bits per heavy atom. The van der Waals surface area contributed by atoms with Gasteiger partial charge in [-0.05, 0) is 69.2 Å². The number of halogens is 2. The van der Waals surface area contributed by atoms with E-state index < -0.39 is 17.6 Å². The standard InChI is InChI=1S/C34H36ClFN4O5S/c1-2-44-33(43)22-9-11-24(12-10-22)45-34(39-14-5-6-15-39,40-16-13-37-21-40)31(41)18-23-17-27(35)29(19-28(23)36)38-32(42)26-20-46-30-8-4-3-7-25(26)30/h3-4,7-8,13,16-17,19-22,24H,2,5-6,9-12,14-15,18H2,1H3,(H,38,42)/t22-,24-,34?. The Kier molecular flexibility index (Phi) is 9.84. The smallest absolute Gasteiger partial charge is 0.308 e. The number of anilines is 1. The predicted octanol–water partition coefficient (Wildman–Crippen LogP) is 6.80. The number of ether oxygens (including phenoxy) is 2. The Labute approximate surface area is 275 Å². The monoisotopic (exact) mass is 666 g/mol. The zero-order chi connectivity index (χ0) is 32.3. The minimum Gasteiger partial charge on any atom is -0.466 e. The molecule has 0 radical (unpaired) electrons. The van der Waals surface area contributed by atoms with Crippen LogP contribution in [0.5, 0.6) is 0 Å². The molecule has 12 heteroatoms. The summed E-state index contributed by atoms with van der Waals surface area (Å²) in [5.74, 6) is -3.38. The molecule has 1 N–H and O–H groups in total. The minimum absolute atomic E-state index is 0.0901. The Bertz CT molecular complexity index is 1720. The molecule has 1 aliphatic heterocycles. The highest BCUT2D eigenvalue weighted by atomic mass is 35.5. The second kappa shape index (κ2) is 14.0. The number of rotatable bonds is 11. The summed E-state index contributed by atoms with van der Waals surface area (Å²) in [6, 6.07) is 10.1. The molecule has 1 atom stereocenters. The van der Waals surface area contributed by atoms with Gasteiger partial charge in [0.1, 0.15) is 5.82 Å². The predicted molar refractivity (Wildman–Crippen MR) is 174 cm³/mol. The third kappa shape index (κ3) is 6.46. The molecule has 1 saturated heterocycles. The van der Waals surface area contributed by atoms with Crippen LogP contribution in [0.4, 0.5) is 10.1 Å². The van der Waals surface area contributed by atoms with Crippen LogP contribution in [0.15, 0.2) is 60.5 Å². The summed E-state index contributed by atoms with van der Waals surface area (Å²) in [7, 11) is 0. The molecule has 2 aromatic heterocycles. The molecule has 1 aliphatic carbocycles. The number of amides is 1. The molecule has 0 bridgehead atoms. The molecule has 242 valence electrons. The number of imidazole rings is 1. The lowest BCUT2D eigenvalue weighted by atomic mass is 9.87. The summed E-state index contributed by atoms with van der Waals surface area (Å²) in [5.41, 5.74) is 0.679. The maximum absolute atomic E-state index is 15.7. The molecule has 9 nitrogen and oxygen atoms in total. The van der Waals surface area contributed by atoms with Crippen molar-refractivity contribution in [1.82, 2.24) is 14.5 Å². The van der Waals surface area contributed by atoms with E-state index in [1.165, 1.54) is 17.4 Å². The lowest BCUT2D eigenvalue weighted by molar-refractivity contribution is -0.233. The molecule has 1 saturated carbocycles. The van der Waals surface area contributed by atoms with E-state index in [0.29, 0.717) is 50.9 Å². The Balaban J connectivity index is 1.24. The van der Waals surface area contributed by atoms with Gasteiger partial charge in [-0.2, -0.15) is 0 Å². The lowest BCUT2D eigenvalue weighted by Gasteiger charge is -2.44. The number of ketones is 1. The van der Waals surface area contributed by atoms with Crippen molar-refractivity contribution in [3.63, 3.8) is 0 Å². The number of carbonyl (C=O) groups excluding carboxylic acids is 3. The first-order chi connectivity index (χ1) is 22.3. The van der Waals surface area contributed by atoms with Crippen molar-refractivity contribution in [2.75, 3.05) is 25.0 Å². The van der Waals surface area contributed by atoms with Gasteiger partial charge >= 0.3 is 5.97 Å². The van der Waals surface area contributed by atoms with Crippen LogP contribution in [0, 0.1) is 11.7 Å². The molecule has 3 heterocycles. The van der Waals surface area contributed by atoms with E-state index in [1.807, 2.05) is 29.2 Å².